The molecule has 2 aromatic heterocycles. The van der Waals surface area contributed by atoms with E-state index in [1.165, 1.54) is 0 Å². The lowest BCUT2D eigenvalue weighted by atomic mass is 10.0. The zero-order valence-electron chi connectivity index (χ0n) is 22.5. The molecule has 218 valence electrons. The molecule has 2 aliphatic rings. The molecule has 2 saturated heterocycles. The number of pyridine rings is 1. The Labute approximate surface area is 239 Å². The molecule has 2 N–H and O–H groups in total. The van der Waals surface area contributed by atoms with Crippen LogP contribution in [0.15, 0.2) is 41.6 Å². The van der Waals surface area contributed by atoms with Crippen molar-refractivity contribution >= 4 is 34.8 Å². The summed E-state index contributed by atoms with van der Waals surface area (Å²) in [6, 6.07) is 3.86. The Morgan fingerprint density at radius 2 is 1.80 bits per heavy atom. The smallest absolute Gasteiger partial charge is 0.378 e. The van der Waals surface area contributed by atoms with E-state index in [9.17, 15) is 22.8 Å². The molecule has 41 heavy (non-hydrogen) atoms. The van der Waals surface area contributed by atoms with Crippen LogP contribution in [-0.2, 0) is 10.9 Å². The lowest BCUT2D eigenvalue weighted by molar-refractivity contribution is -0.138. The van der Waals surface area contributed by atoms with Crippen LogP contribution in [0, 0.1) is 0 Å². The molecule has 1 amide bonds. The Hall–Kier alpha value is -3.68. The molecule has 3 aromatic rings. The number of H-pyrrole nitrogens is 1. The number of likely N-dealkylation sites (N-methyl/N-ethyl adjacent to an activating group) is 1. The van der Waals surface area contributed by atoms with Crippen molar-refractivity contribution in [2.45, 2.75) is 19.1 Å². The molecule has 0 aliphatic carbocycles. The van der Waals surface area contributed by atoms with Gasteiger partial charge in [0, 0.05) is 74.5 Å². The number of piperazine rings is 1. The Kier molecular flexibility index (Phi) is 8.20. The van der Waals surface area contributed by atoms with Gasteiger partial charge in [0.25, 0.3) is 5.91 Å². The van der Waals surface area contributed by atoms with Gasteiger partial charge < -0.3 is 29.7 Å². The second kappa shape index (κ2) is 11.7. The number of nitrogens with one attached hydrogen (secondary N) is 2. The number of carbonyl (C=O) groups is 1. The Bertz CT molecular complexity index is 1480. The molecule has 5 rings (SSSR count). The molecule has 4 heterocycles. The highest BCUT2D eigenvalue weighted by molar-refractivity contribution is 6.34. The van der Waals surface area contributed by atoms with E-state index in [2.05, 4.69) is 32.1 Å². The molecule has 14 heteroatoms. The first-order valence-electron chi connectivity index (χ1n) is 13.1. The topological polar surface area (TPSA) is 107 Å². The quantitative estimate of drug-likeness (QED) is 0.462. The molecular formula is C27H29ClF3N7O3. The Morgan fingerprint density at radius 3 is 2.46 bits per heavy atom. The summed E-state index contributed by atoms with van der Waals surface area (Å²) in [6.45, 7) is 6.52. The van der Waals surface area contributed by atoms with E-state index in [-0.39, 0.29) is 11.7 Å². The Morgan fingerprint density at radius 1 is 1.10 bits per heavy atom. The van der Waals surface area contributed by atoms with Crippen molar-refractivity contribution in [2.24, 2.45) is 0 Å². The van der Waals surface area contributed by atoms with Gasteiger partial charge in [-0.05, 0) is 26.1 Å². The number of hydrogen-bond acceptors (Lipinski definition) is 8. The zero-order chi connectivity index (χ0) is 29.3. The molecule has 0 radical (unpaired) electrons. The summed E-state index contributed by atoms with van der Waals surface area (Å²) in [6.07, 6.45) is -0.897. The highest BCUT2D eigenvalue weighted by Gasteiger charge is 2.36. The maximum atomic E-state index is 13.7. The van der Waals surface area contributed by atoms with Gasteiger partial charge in [-0.1, -0.05) is 11.6 Å². The first-order valence-corrected chi connectivity index (χ1v) is 13.4. The maximum Gasteiger partial charge on any atom is 0.417 e. The van der Waals surface area contributed by atoms with E-state index in [0.29, 0.717) is 73.2 Å². The first kappa shape index (κ1) is 28.8. The van der Waals surface area contributed by atoms with Crippen LogP contribution < -0.4 is 20.7 Å². The van der Waals surface area contributed by atoms with Gasteiger partial charge >= 0.3 is 6.18 Å². The number of aromatic nitrogens is 3. The van der Waals surface area contributed by atoms with Gasteiger partial charge in [-0.2, -0.15) is 13.2 Å². The van der Waals surface area contributed by atoms with Gasteiger partial charge in [0.05, 0.1) is 40.7 Å². The standard InChI is InChI=1S/C27H29ClF3N7O3/c1-16-15-38(4-3-36(16)2)23-11-21(28)18(17-12-33-26(34-13-17)37-5-7-41-8-6-37)9-22(23)35-25(40)19-14-32-24(39)10-20(19)27(29,30)31/h9-14,16H,3-8,15H2,1-2H3,(H,32,39)(H,35,40)/t16-/m0/s1. The third-order valence-electron chi connectivity index (χ3n) is 7.35. The third-order valence-corrected chi connectivity index (χ3v) is 7.66. The predicted molar refractivity (Wildman–Crippen MR) is 150 cm³/mol. The Balaban J connectivity index is 1.53. The average Bonchev–Trinajstić information content (AvgIpc) is 2.95. The summed E-state index contributed by atoms with van der Waals surface area (Å²) in [5.41, 5.74) is -1.09. The zero-order valence-corrected chi connectivity index (χ0v) is 23.2. The lowest BCUT2D eigenvalue weighted by Gasteiger charge is -2.40. The molecule has 0 bridgehead atoms. The van der Waals surface area contributed by atoms with Crippen LogP contribution in [0.1, 0.15) is 22.8 Å². The molecule has 1 atom stereocenters. The monoisotopic (exact) mass is 591 g/mol. The second-order valence-corrected chi connectivity index (χ2v) is 10.5. The van der Waals surface area contributed by atoms with Crippen LogP contribution >= 0.6 is 11.6 Å². The van der Waals surface area contributed by atoms with Crippen molar-refractivity contribution < 1.29 is 22.7 Å². The number of nitrogens with zero attached hydrogens (tertiary/aromatic N) is 5. The molecule has 2 aliphatic heterocycles. The van der Waals surface area contributed by atoms with Crippen LogP contribution in [0.3, 0.4) is 0 Å². The molecule has 2 fully saturated rings. The van der Waals surface area contributed by atoms with Crippen molar-refractivity contribution in [3.05, 3.63) is 63.3 Å². The molecular weight excluding hydrogens is 563 g/mol. The summed E-state index contributed by atoms with van der Waals surface area (Å²) < 4.78 is 46.5. The molecule has 0 saturated carbocycles. The van der Waals surface area contributed by atoms with Crippen LogP contribution in [0.5, 0.6) is 0 Å². The minimum absolute atomic E-state index is 0.183. The van der Waals surface area contributed by atoms with Crippen LogP contribution in [0.25, 0.3) is 11.1 Å². The van der Waals surface area contributed by atoms with Crippen molar-refractivity contribution in [3.8, 4) is 11.1 Å². The van der Waals surface area contributed by atoms with Crippen LogP contribution in [-0.4, -0.2) is 84.8 Å². The first-order chi connectivity index (χ1) is 19.5. The molecule has 0 unspecified atom stereocenters. The number of rotatable bonds is 5. The number of carbonyl (C=O) groups excluding carboxylic acids is 1. The van der Waals surface area contributed by atoms with E-state index in [4.69, 9.17) is 16.3 Å². The molecule has 10 nitrogen and oxygen atoms in total. The number of hydrogen-bond donors (Lipinski definition) is 2. The molecule has 1 aromatic carbocycles. The van der Waals surface area contributed by atoms with E-state index in [1.807, 2.05) is 16.8 Å². The van der Waals surface area contributed by atoms with Crippen molar-refractivity contribution in [2.75, 3.05) is 68.1 Å². The predicted octanol–water partition coefficient (Wildman–Crippen LogP) is 3.73. The highest BCUT2D eigenvalue weighted by atomic mass is 35.5. The fourth-order valence-corrected chi connectivity index (χ4v) is 5.15. The summed E-state index contributed by atoms with van der Waals surface area (Å²) in [4.78, 5) is 42.2. The number of anilines is 3. The van der Waals surface area contributed by atoms with Crippen molar-refractivity contribution in [1.82, 2.24) is 19.9 Å². The minimum atomic E-state index is -4.90. The van der Waals surface area contributed by atoms with Gasteiger partial charge in [0.1, 0.15) is 0 Å². The highest BCUT2D eigenvalue weighted by Crippen LogP contribution is 2.39. The van der Waals surface area contributed by atoms with E-state index < -0.39 is 28.8 Å². The maximum absolute atomic E-state index is 13.7. The van der Waals surface area contributed by atoms with Crippen molar-refractivity contribution in [3.63, 3.8) is 0 Å². The number of amides is 1. The van der Waals surface area contributed by atoms with Gasteiger partial charge in [0.2, 0.25) is 11.5 Å². The number of halogens is 4. The fourth-order valence-electron chi connectivity index (χ4n) is 4.88. The van der Waals surface area contributed by atoms with Gasteiger partial charge in [-0.3, -0.25) is 9.59 Å². The van der Waals surface area contributed by atoms with Gasteiger partial charge in [0.15, 0.2) is 0 Å². The number of ether oxygens (including phenoxy) is 1. The number of aromatic amines is 1. The average molecular weight is 592 g/mol. The van der Waals surface area contributed by atoms with Crippen LogP contribution in [0.2, 0.25) is 5.02 Å². The summed E-state index contributed by atoms with van der Waals surface area (Å²) >= 11 is 6.74. The van der Waals surface area contributed by atoms with Crippen molar-refractivity contribution in [1.29, 1.82) is 0 Å². The van der Waals surface area contributed by atoms with Crippen LogP contribution in [0.4, 0.5) is 30.5 Å². The SMILES string of the molecule is C[C@H]1CN(c2cc(Cl)c(-c3cnc(N4CCOCC4)nc3)cc2NC(=O)c2c[nH]c(=O)cc2C(F)(F)F)CCN1C. The van der Waals surface area contributed by atoms with Gasteiger partial charge in [-0.15, -0.1) is 0 Å². The summed E-state index contributed by atoms with van der Waals surface area (Å²) in [5.74, 6) is -0.480. The number of morpholine rings is 1. The number of benzene rings is 1. The van der Waals surface area contributed by atoms with E-state index >= 15 is 0 Å². The lowest BCUT2D eigenvalue weighted by Crippen LogP contribution is -2.50. The van der Waals surface area contributed by atoms with E-state index in [0.717, 1.165) is 12.7 Å². The largest absolute Gasteiger partial charge is 0.417 e. The summed E-state index contributed by atoms with van der Waals surface area (Å²) in [7, 11) is 2.01. The summed E-state index contributed by atoms with van der Waals surface area (Å²) in [5, 5.41) is 3.01. The fraction of sp³-hybridized carbons (Fsp3) is 0.407. The minimum Gasteiger partial charge on any atom is -0.378 e. The third kappa shape index (κ3) is 6.31. The second-order valence-electron chi connectivity index (χ2n) is 10.1. The number of alkyl halides is 3. The molecule has 0 spiro atoms. The normalized spacial score (nSPS) is 18.4. The van der Waals surface area contributed by atoms with Gasteiger partial charge in [-0.25, -0.2) is 9.97 Å². The van der Waals surface area contributed by atoms with E-state index in [1.54, 1.807) is 24.5 Å².